The van der Waals surface area contributed by atoms with Gasteiger partial charge in [-0.25, -0.2) is 0 Å². The number of methoxy groups -OCH3 is 1. The van der Waals surface area contributed by atoms with Crippen LogP contribution in [0.3, 0.4) is 0 Å². The normalized spacial score (nSPS) is 10.6. The fraction of sp³-hybridized carbons (Fsp3) is 0.231. The molecule has 5 heteroatoms. The number of nitrogens with zero attached hydrogens (tertiary/aromatic N) is 1. The zero-order valence-electron chi connectivity index (χ0n) is 9.74. The lowest BCUT2D eigenvalue weighted by molar-refractivity contribution is -0.140. The standard InChI is InChI=1S/C13H11Cl2NO2/c1-18-12(17)3-2-8-6-11(14)13(15)9-4-5-16-7-10(8)9/h4-7H,2-3H2,1H3. The number of hydrogen-bond acceptors (Lipinski definition) is 3. The summed E-state index contributed by atoms with van der Waals surface area (Å²) in [6.45, 7) is 0. The van der Waals surface area contributed by atoms with Crippen LogP contribution in [0.25, 0.3) is 10.8 Å². The summed E-state index contributed by atoms with van der Waals surface area (Å²) >= 11 is 12.2. The van der Waals surface area contributed by atoms with Crippen molar-refractivity contribution in [3.05, 3.63) is 40.1 Å². The number of hydrogen-bond donors (Lipinski definition) is 0. The first-order chi connectivity index (χ1) is 8.63. The van der Waals surface area contributed by atoms with Gasteiger partial charge in [0.05, 0.1) is 17.2 Å². The number of rotatable bonds is 3. The molecule has 0 aliphatic rings. The minimum atomic E-state index is -0.252. The molecule has 0 unspecified atom stereocenters. The number of aromatic nitrogens is 1. The van der Waals surface area contributed by atoms with Crippen LogP contribution in [0.15, 0.2) is 24.5 Å². The Morgan fingerprint density at radius 2 is 2.17 bits per heavy atom. The van der Waals surface area contributed by atoms with E-state index >= 15 is 0 Å². The van der Waals surface area contributed by atoms with Gasteiger partial charge in [-0.1, -0.05) is 23.2 Å². The van der Waals surface area contributed by atoms with Crippen LogP contribution in [0.5, 0.6) is 0 Å². The number of carbonyl (C=O) groups excluding carboxylic acids is 1. The SMILES string of the molecule is COC(=O)CCc1cc(Cl)c(Cl)c2ccncc12. The van der Waals surface area contributed by atoms with Crippen molar-refractivity contribution in [2.24, 2.45) is 0 Å². The second-order valence-corrected chi connectivity index (χ2v) is 4.61. The molecule has 18 heavy (non-hydrogen) atoms. The molecule has 0 spiro atoms. The number of halogens is 2. The van der Waals surface area contributed by atoms with E-state index in [0.29, 0.717) is 22.9 Å². The van der Waals surface area contributed by atoms with Gasteiger partial charge in [-0.05, 0) is 24.1 Å². The first-order valence-corrected chi connectivity index (χ1v) is 6.16. The number of esters is 1. The molecule has 0 bridgehead atoms. The Bertz CT molecular complexity index is 599. The number of benzene rings is 1. The van der Waals surface area contributed by atoms with Crippen LogP contribution >= 0.6 is 23.2 Å². The maximum Gasteiger partial charge on any atom is 0.305 e. The highest BCUT2D eigenvalue weighted by molar-refractivity contribution is 6.45. The maximum atomic E-state index is 11.2. The molecule has 2 rings (SSSR count). The van der Waals surface area contributed by atoms with Crippen molar-refractivity contribution in [3.63, 3.8) is 0 Å². The van der Waals surface area contributed by atoms with Gasteiger partial charge in [0.1, 0.15) is 0 Å². The van der Waals surface area contributed by atoms with Crippen molar-refractivity contribution in [2.45, 2.75) is 12.8 Å². The van der Waals surface area contributed by atoms with E-state index in [9.17, 15) is 4.79 Å². The van der Waals surface area contributed by atoms with Crippen LogP contribution in [-0.4, -0.2) is 18.1 Å². The molecular formula is C13H11Cl2NO2. The molecule has 3 nitrogen and oxygen atoms in total. The molecule has 0 fully saturated rings. The highest BCUT2D eigenvalue weighted by Gasteiger charge is 2.11. The molecule has 0 aliphatic carbocycles. The third kappa shape index (κ3) is 2.57. The molecule has 1 aromatic heterocycles. The molecule has 1 aromatic carbocycles. The van der Waals surface area contributed by atoms with Crippen LogP contribution < -0.4 is 0 Å². The summed E-state index contributed by atoms with van der Waals surface area (Å²) in [5.41, 5.74) is 0.943. The number of carbonyl (C=O) groups is 1. The first kappa shape index (κ1) is 13.1. The zero-order chi connectivity index (χ0) is 13.1. The third-order valence-electron chi connectivity index (χ3n) is 2.74. The molecule has 0 N–H and O–H groups in total. The predicted molar refractivity (Wildman–Crippen MR) is 72.1 cm³/mol. The van der Waals surface area contributed by atoms with E-state index in [-0.39, 0.29) is 5.97 Å². The predicted octanol–water partition coefficient (Wildman–Crippen LogP) is 3.65. The molecule has 0 radical (unpaired) electrons. The van der Waals surface area contributed by atoms with Crippen molar-refractivity contribution in [2.75, 3.05) is 7.11 Å². The van der Waals surface area contributed by atoms with Crippen molar-refractivity contribution >= 4 is 39.9 Å². The summed E-state index contributed by atoms with van der Waals surface area (Å²) in [5.74, 6) is -0.252. The van der Waals surface area contributed by atoms with Gasteiger partial charge >= 0.3 is 5.97 Å². The van der Waals surface area contributed by atoms with Crippen molar-refractivity contribution < 1.29 is 9.53 Å². The quantitative estimate of drug-likeness (QED) is 0.808. The van der Waals surface area contributed by atoms with E-state index < -0.39 is 0 Å². The number of pyridine rings is 1. The van der Waals surface area contributed by atoms with Crippen LogP contribution in [0, 0.1) is 0 Å². The van der Waals surface area contributed by atoms with Crippen molar-refractivity contribution in [1.82, 2.24) is 4.98 Å². The van der Waals surface area contributed by atoms with Crippen LogP contribution in [0.4, 0.5) is 0 Å². The fourth-order valence-electron chi connectivity index (χ4n) is 1.81. The minimum Gasteiger partial charge on any atom is -0.469 e. The van der Waals surface area contributed by atoms with Crippen molar-refractivity contribution in [1.29, 1.82) is 0 Å². The average Bonchev–Trinajstić information content (AvgIpc) is 2.41. The van der Waals surface area contributed by atoms with Crippen LogP contribution in [-0.2, 0) is 16.0 Å². The van der Waals surface area contributed by atoms with Gasteiger partial charge in [0, 0.05) is 29.6 Å². The number of fused-ring (bicyclic) bond motifs is 1. The monoisotopic (exact) mass is 283 g/mol. The average molecular weight is 284 g/mol. The Balaban J connectivity index is 2.44. The summed E-state index contributed by atoms with van der Waals surface area (Å²) in [5, 5.41) is 2.75. The van der Waals surface area contributed by atoms with Crippen molar-refractivity contribution in [3.8, 4) is 0 Å². The smallest absolute Gasteiger partial charge is 0.305 e. The van der Waals surface area contributed by atoms with Gasteiger partial charge in [0.2, 0.25) is 0 Å². The molecule has 2 aromatic rings. The van der Waals surface area contributed by atoms with Gasteiger partial charge < -0.3 is 4.74 Å². The van der Waals surface area contributed by atoms with E-state index in [1.807, 2.05) is 6.07 Å². The van der Waals surface area contributed by atoms with E-state index in [1.165, 1.54) is 7.11 Å². The lowest BCUT2D eigenvalue weighted by Gasteiger charge is -2.09. The molecule has 0 aliphatic heterocycles. The number of aryl methyl sites for hydroxylation is 1. The van der Waals surface area contributed by atoms with Gasteiger partial charge in [0.15, 0.2) is 0 Å². The maximum absolute atomic E-state index is 11.2. The Morgan fingerprint density at radius 1 is 1.39 bits per heavy atom. The second-order valence-electron chi connectivity index (χ2n) is 3.83. The molecular weight excluding hydrogens is 273 g/mol. The summed E-state index contributed by atoms with van der Waals surface area (Å²) in [6, 6.07) is 3.59. The highest BCUT2D eigenvalue weighted by atomic mass is 35.5. The topological polar surface area (TPSA) is 39.2 Å². The first-order valence-electron chi connectivity index (χ1n) is 5.41. The van der Waals surface area contributed by atoms with E-state index in [2.05, 4.69) is 9.72 Å². The summed E-state index contributed by atoms with van der Waals surface area (Å²) in [7, 11) is 1.37. The number of ether oxygens (including phenoxy) is 1. The highest BCUT2D eigenvalue weighted by Crippen LogP contribution is 2.33. The van der Waals surface area contributed by atoms with Gasteiger partial charge in [-0.15, -0.1) is 0 Å². The minimum absolute atomic E-state index is 0.252. The second kappa shape index (κ2) is 5.55. The fourth-order valence-corrected chi connectivity index (χ4v) is 2.26. The van der Waals surface area contributed by atoms with E-state index in [1.54, 1.807) is 18.5 Å². The van der Waals surface area contributed by atoms with Gasteiger partial charge in [0.25, 0.3) is 0 Å². The molecule has 0 amide bonds. The molecule has 0 saturated carbocycles. The molecule has 1 heterocycles. The lowest BCUT2D eigenvalue weighted by Crippen LogP contribution is -2.02. The van der Waals surface area contributed by atoms with Gasteiger partial charge in [-0.2, -0.15) is 0 Å². The third-order valence-corrected chi connectivity index (χ3v) is 3.54. The molecule has 0 atom stereocenters. The summed E-state index contributed by atoms with van der Waals surface area (Å²) in [6.07, 6.45) is 4.24. The van der Waals surface area contributed by atoms with E-state index in [4.69, 9.17) is 23.2 Å². The van der Waals surface area contributed by atoms with E-state index in [0.717, 1.165) is 16.3 Å². The lowest BCUT2D eigenvalue weighted by atomic mass is 10.0. The largest absolute Gasteiger partial charge is 0.469 e. The zero-order valence-corrected chi connectivity index (χ0v) is 11.3. The summed E-state index contributed by atoms with van der Waals surface area (Å²) < 4.78 is 4.62. The molecule has 0 saturated heterocycles. The van der Waals surface area contributed by atoms with Crippen LogP contribution in [0.1, 0.15) is 12.0 Å². The Hall–Kier alpha value is -1.32. The Kier molecular flexibility index (Phi) is 4.04. The Labute approximate surface area is 115 Å². The Morgan fingerprint density at radius 3 is 2.89 bits per heavy atom. The molecule has 94 valence electrons. The summed E-state index contributed by atoms with van der Waals surface area (Å²) in [4.78, 5) is 15.2. The van der Waals surface area contributed by atoms with Crippen LogP contribution in [0.2, 0.25) is 10.0 Å². The van der Waals surface area contributed by atoms with Gasteiger partial charge in [-0.3, -0.25) is 9.78 Å².